The molecule has 1 aliphatic heterocycles. The highest BCUT2D eigenvalue weighted by Gasteiger charge is 2.26. The van der Waals surface area contributed by atoms with E-state index in [1.807, 2.05) is 60.7 Å². The largest absolute Gasteiger partial charge is 0.459 e. The first kappa shape index (κ1) is 22.0. The van der Waals surface area contributed by atoms with Crippen LogP contribution in [0.15, 0.2) is 88.6 Å². The van der Waals surface area contributed by atoms with Gasteiger partial charge in [-0.3, -0.25) is 9.59 Å². The molecular weight excluding hydrogens is 448 g/mol. The van der Waals surface area contributed by atoms with E-state index in [1.165, 1.54) is 18.0 Å². The zero-order valence-electron chi connectivity index (χ0n) is 18.5. The number of nitrogens with zero attached hydrogens (tertiary/aromatic N) is 3. The van der Waals surface area contributed by atoms with Crippen LogP contribution in [0.5, 0.6) is 0 Å². The molecule has 2 amide bonds. The minimum absolute atomic E-state index is 0.0361. The van der Waals surface area contributed by atoms with Crippen molar-refractivity contribution in [1.82, 2.24) is 19.8 Å². The summed E-state index contributed by atoms with van der Waals surface area (Å²) < 4.78 is 5.20. The molecule has 0 unspecified atom stereocenters. The van der Waals surface area contributed by atoms with Crippen molar-refractivity contribution in [2.24, 2.45) is 0 Å². The Hall–Kier alpha value is -3.78. The number of hydrogen-bond donors (Lipinski definition) is 1. The fourth-order valence-electron chi connectivity index (χ4n) is 3.97. The van der Waals surface area contributed by atoms with Crippen molar-refractivity contribution in [3.05, 3.63) is 84.8 Å². The highest BCUT2D eigenvalue weighted by atomic mass is 32.2. The van der Waals surface area contributed by atoms with E-state index in [0.29, 0.717) is 37.1 Å². The van der Waals surface area contributed by atoms with Crippen molar-refractivity contribution in [1.29, 1.82) is 0 Å². The summed E-state index contributed by atoms with van der Waals surface area (Å²) in [5, 5.41) is 0.706. The number of imidazole rings is 1. The van der Waals surface area contributed by atoms with E-state index in [0.717, 1.165) is 22.5 Å². The molecule has 0 bridgehead atoms. The van der Waals surface area contributed by atoms with E-state index in [1.54, 1.807) is 21.9 Å². The second-order valence-corrected chi connectivity index (χ2v) is 8.90. The Balaban J connectivity index is 1.23. The molecule has 172 valence electrons. The third-order valence-corrected chi connectivity index (χ3v) is 6.63. The van der Waals surface area contributed by atoms with E-state index >= 15 is 0 Å². The van der Waals surface area contributed by atoms with E-state index in [-0.39, 0.29) is 17.6 Å². The molecule has 5 rings (SSSR count). The molecule has 0 atom stereocenters. The van der Waals surface area contributed by atoms with Gasteiger partial charge in [-0.25, -0.2) is 4.98 Å². The second kappa shape index (κ2) is 10.0. The Labute approximate surface area is 201 Å². The number of benzene rings is 2. The quantitative estimate of drug-likeness (QED) is 0.420. The lowest BCUT2D eigenvalue weighted by atomic mass is 10.1. The molecule has 0 spiro atoms. The van der Waals surface area contributed by atoms with Crippen LogP contribution >= 0.6 is 11.8 Å². The van der Waals surface area contributed by atoms with Crippen LogP contribution in [0.1, 0.15) is 10.6 Å². The summed E-state index contributed by atoms with van der Waals surface area (Å²) in [6.07, 6.45) is 1.49. The number of aromatic amines is 1. The molecule has 0 saturated carbocycles. The highest BCUT2D eigenvalue weighted by molar-refractivity contribution is 7.99. The van der Waals surface area contributed by atoms with E-state index < -0.39 is 0 Å². The number of amides is 2. The van der Waals surface area contributed by atoms with Gasteiger partial charge in [0.2, 0.25) is 5.91 Å². The fourth-order valence-corrected chi connectivity index (χ4v) is 4.75. The van der Waals surface area contributed by atoms with Gasteiger partial charge >= 0.3 is 0 Å². The molecule has 3 heterocycles. The van der Waals surface area contributed by atoms with Gasteiger partial charge in [0.05, 0.1) is 23.4 Å². The molecule has 34 heavy (non-hydrogen) atoms. The van der Waals surface area contributed by atoms with Crippen LogP contribution in [0.3, 0.4) is 0 Å². The molecule has 8 heteroatoms. The van der Waals surface area contributed by atoms with Gasteiger partial charge in [0.15, 0.2) is 10.9 Å². The maximum Gasteiger partial charge on any atom is 0.289 e. The van der Waals surface area contributed by atoms with Gasteiger partial charge in [0.25, 0.3) is 5.91 Å². The van der Waals surface area contributed by atoms with Crippen molar-refractivity contribution >= 4 is 23.6 Å². The van der Waals surface area contributed by atoms with Gasteiger partial charge in [0, 0.05) is 37.3 Å². The number of carbonyl (C=O) groups is 2. The average molecular weight is 473 g/mol. The number of aromatic nitrogens is 2. The minimum Gasteiger partial charge on any atom is -0.459 e. The molecule has 4 aromatic rings. The van der Waals surface area contributed by atoms with Crippen molar-refractivity contribution in [2.45, 2.75) is 5.16 Å². The molecule has 1 N–H and O–H groups in total. The van der Waals surface area contributed by atoms with Crippen molar-refractivity contribution in [3.8, 4) is 22.5 Å². The van der Waals surface area contributed by atoms with Crippen molar-refractivity contribution < 1.29 is 14.0 Å². The standard InChI is InChI=1S/C26H24N4O3S/c31-22(29-13-15-30(16-14-29)25(32)21-12-7-17-33-21)18-34-26-27-23(19-8-3-1-4-9-19)24(28-26)20-10-5-2-6-11-20/h1-12,17H,13-16,18H2,(H,27,28). The van der Waals surface area contributed by atoms with E-state index in [2.05, 4.69) is 4.98 Å². The summed E-state index contributed by atoms with van der Waals surface area (Å²) in [5.41, 5.74) is 3.87. The average Bonchev–Trinajstić information content (AvgIpc) is 3.59. The van der Waals surface area contributed by atoms with Crippen LogP contribution in [0.25, 0.3) is 22.5 Å². The van der Waals surface area contributed by atoms with Crippen LogP contribution in [-0.4, -0.2) is 63.5 Å². The Morgan fingerprint density at radius 3 is 2.15 bits per heavy atom. The SMILES string of the molecule is O=C(CSc1nc(-c2ccccc2)c(-c2ccccc2)[nH]1)N1CCN(C(=O)c2ccco2)CC1. The number of H-pyrrole nitrogens is 1. The lowest BCUT2D eigenvalue weighted by Gasteiger charge is -2.34. The van der Waals surface area contributed by atoms with Gasteiger partial charge in [-0.1, -0.05) is 72.4 Å². The number of piperazine rings is 1. The summed E-state index contributed by atoms with van der Waals surface area (Å²) >= 11 is 1.40. The molecule has 2 aromatic heterocycles. The smallest absolute Gasteiger partial charge is 0.289 e. The number of carbonyl (C=O) groups excluding carboxylic acids is 2. The maximum atomic E-state index is 12.8. The number of furan rings is 1. The molecule has 0 aliphatic carbocycles. The van der Waals surface area contributed by atoms with Crippen LogP contribution in [-0.2, 0) is 4.79 Å². The minimum atomic E-state index is -0.135. The Morgan fingerprint density at radius 2 is 1.50 bits per heavy atom. The van der Waals surface area contributed by atoms with Crippen LogP contribution in [0, 0.1) is 0 Å². The second-order valence-electron chi connectivity index (χ2n) is 7.94. The first-order valence-corrected chi connectivity index (χ1v) is 12.1. The summed E-state index contributed by atoms with van der Waals surface area (Å²) in [4.78, 5) is 37.0. The molecular formula is C26H24N4O3S. The van der Waals surface area contributed by atoms with E-state index in [4.69, 9.17) is 9.40 Å². The zero-order chi connectivity index (χ0) is 23.3. The third-order valence-electron chi connectivity index (χ3n) is 5.78. The first-order chi connectivity index (χ1) is 16.7. The van der Waals surface area contributed by atoms with Gasteiger partial charge in [-0.15, -0.1) is 0 Å². The lowest BCUT2D eigenvalue weighted by molar-refractivity contribution is -0.129. The molecule has 0 radical (unpaired) electrons. The Morgan fingerprint density at radius 1 is 0.853 bits per heavy atom. The van der Waals surface area contributed by atoms with Gasteiger partial charge in [-0.05, 0) is 12.1 Å². The predicted octanol–water partition coefficient (Wildman–Crippen LogP) is 4.41. The third kappa shape index (κ3) is 4.77. The monoisotopic (exact) mass is 472 g/mol. The molecule has 7 nitrogen and oxygen atoms in total. The molecule has 1 fully saturated rings. The Bertz CT molecular complexity index is 1190. The summed E-state index contributed by atoms with van der Waals surface area (Å²) in [5.74, 6) is 0.511. The summed E-state index contributed by atoms with van der Waals surface area (Å²) in [6.45, 7) is 2.00. The highest BCUT2D eigenvalue weighted by Crippen LogP contribution is 2.32. The van der Waals surface area contributed by atoms with Crippen molar-refractivity contribution in [3.63, 3.8) is 0 Å². The fraction of sp³-hybridized carbons (Fsp3) is 0.192. The van der Waals surface area contributed by atoms with Gasteiger partial charge in [-0.2, -0.15) is 0 Å². The summed E-state index contributed by atoms with van der Waals surface area (Å²) in [6, 6.07) is 23.5. The summed E-state index contributed by atoms with van der Waals surface area (Å²) in [7, 11) is 0. The van der Waals surface area contributed by atoms with Gasteiger partial charge in [0.1, 0.15) is 0 Å². The lowest BCUT2D eigenvalue weighted by Crippen LogP contribution is -2.51. The van der Waals surface area contributed by atoms with Crippen LogP contribution in [0.2, 0.25) is 0 Å². The van der Waals surface area contributed by atoms with Crippen LogP contribution < -0.4 is 0 Å². The topological polar surface area (TPSA) is 82.4 Å². The number of thioether (sulfide) groups is 1. The first-order valence-electron chi connectivity index (χ1n) is 11.1. The van der Waals surface area contributed by atoms with Crippen LogP contribution in [0.4, 0.5) is 0 Å². The predicted molar refractivity (Wildman–Crippen MR) is 131 cm³/mol. The zero-order valence-corrected chi connectivity index (χ0v) is 19.3. The van der Waals surface area contributed by atoms with Gasteiger partial charge < -0.3 is 19.2 Å². The normalized spacial score (nSPS) is 13.8. The van der Waals surface area contributed by atoms with Crippen molar-refractivity contribution in [2.75, 3.05) is 31.9 Å². The number of rotatable bonds is 6. The molecule has 1 saturated heterocycles. The molecule has 1 aliphatic rings. The Kier molecular flexibility index (Phi) is 6.49. The number of nitrogens with one attached hydrogen (secondary N) is 1. The molecule has 2 aromatic carbocycles. The van der Waals surface area contributed by atoms with E-state index in [9.17, 15) is 9.59 Å². The maximum absolute atomic E-state index is 12.8. The number of hydrogen-bond acceptors (Lipinski definition) is 5.